The van der Waals surface area contributed by atoms with Crippen LogP contribution in [0, 0.1) is 0 Å². The molecule has 0 saturated heterocycles. The van der Waals surface area contributed by atoms with E-state index in [0.717, 1.165) is 42.9 Å². The first kappa shape index (κ1) is 24.9. The molecule has 1 rings (SSSR count). The van der Waals surface area contributed by atoms with Gasteiger partial charge in [-0.3, -0.25) is 4.99 Å². The first-order valence-electron chi connectivity index (χ1n) is 9.75. The number of nitrogens with zero attached hydrogens (tertiary/aromatic N) is 2. The third-order valence-corrected chi connectivity index (χ3v) is 5.03. The maximum atomic E-state index is 5.66. The standard InChI is InChI=1S/C20H34N3O3PS/c1-2-4-18-6-8-20(9-7-18)26-15-14-25-13-12-24-11-10-22-17-19(23-21)5-3-16-28-27/h6-9,17H,2-5,10-16,21,27H2,1H3/b22-17?,23-19-. The topological polar surface area (TPSA) is 78.4 Å². The summed E-state index contributed by atoms with van der Waals surface area (Å²) in [5.74, 6) is 7.30. The number of hydrogen-bond donors (Lipinski definition) is 1. The first-order chi connectivity index (χ1) is 13.8. The Hall–Kier alpha value is -1.14. The van der Waals surface area contributed by atoms with E-state index in [1.807, 2.05) is 12.1 Å². The molecular weight excluding hydrogens is 393 g/mol. The Bertz CT molecular complexity index is 556. The molecule has 1 unspecified atom stereocenters. The van der Waals surface area contributed by atoms with E-state index in [-0.39, 0.29) is 0 Å². The number of hydrogen-bond acceptors (Lipinski definition) is 7. The molecular formula is C20H34N3O3PS. The van der Waals surface area contributed by atoms with Gasteiger partial charge in [-0.2, -0.15) is 5.10 Å². The summed E-state index contributed by atoms with van der Waals surface area (Å²) in [6.07, 6.45) is 5.88. The second-order valence-corrected chi connectivity index (χ2v) is 7.84. The van der Waals surface area contributed by atoms with Crippen molar-refractivity contribution in [2.75, 3.05) is 45.3 Å². The third-order valence-electron chi connectivity index (χ3n) is 3.80. The van der Waals surface area contributed by atoms with Crippen molar-refractivity contribution in [1.82, 2.24) is 0 Å². The van der Waals surface area contributed by atoms with Gasteiger partial charge >= 0.3 is 0 Å². The van der Waals surface area contributed by atoms with Gasteiger partial charge in [-0.15, -0.1) is 11.4 Å². The van der Waals surface area contributed by atoms with Crippen LogP contribution in [0.5, 0.6) is 5.75 Å². The zero-order chi connectivity index (χ0) is 20.3. The molecule has 1 aromatic rings. The van der Waals surface area contributed by atoms with Crippen LogP contribution < -0.4 is 10.6 Å². The molecule has 1 atom stereocenters. The van der Waals surface area contributed by atoms with E-state index >= 15 is 0 Å². The lowest BCUT2D eigenvalue weighted by Gasteiger charge is -2.08. The molecule has 0 spiro atoms. The van der Waals surface area contributed by atoms with Gasteiger partial charge in [0.2, 0.25) is 0 Å². The third kappa shape index (κ3) is 13.1. The molecule has 0 amide bonds. The highest BCUT2D eigenvalue weighted by atomic mass is 32.7. The van der Waals surface area contributed by atoms with Crippen LogP contribution in [0.25, 0.3) is 0 Å². The summed E-state index contributed by atoms with van der Waals surface area (Å²) >= 11 is 1.74. The lowest BCUT2D eigenvalue weighted by Crippen LogP contribution is -2.12. The fourth-order valence-corrected chi connectivity index (χ4v) is 3.18. The summed E-state index contributed by atoms with van der Waals surface area (Å²) in [6.45, 7) is 5.50. The lowest BCUT2D eigenvalue weighted by molar-refractivity contribution is 0.0389. The molecule has 1 aromatic carbocycles. The molecule has 0 aliphatic rings. The summed E-state index contributed by atoms with van der Waals surface area (Å²) in [5, 5.41) is 3.75. The van der Waals surface area contributed by atoms with E-state index in [0.29, 0.717) is 39.6 Å². The van der Waals surface area contributed by atoms with E-state index in [1.54, 1.807) is 17.6 Å². The summed E-state index contributed by atoms with van der Waals surface area (Å²) < 4.78 is 16.7. The van der Waals surface area contributed by atoms with Gasteiger partial charge in [0.25, 0.3) is 0 Å². The van der Waals surface area contributed by atoms with Crippen molar-refractivity contribution >= 4 is 31.7 Å². The van der Waals surface area contributed by atoms with Crippen LogP contribution in [-0.4, -0.2) is 57.3 Å². The number of nitrogens with two attached hydrogens (primary N) is 1. The van der Waals surface area contributed by atoms with Crippen molar-refractivity contribution in [2.24, 2.45) is 15.9 Å². The molecule has 0 aliphatic carbocycles. The van der Waals surface area contributed by atoms with E-state index in [1.165, 1.54) is 5.56 Å². The van der Waals surface area contributed by atoms with Crippen LogP contribution in [0.15, 0.2) is 34.4 Å². The molecule has 158 valence electrons. The highest BCUT2D eigenvalue weighted by Crippen LogP contribution is 2.13. The molecule has 0 heterocycles. The number of benzene rings is 1. The Kier molecular flexibility index (Phi) is 15.9. The predicted octanol–water partition coefficient (Wildman–Crippen LogP) is 3.74. The van der Waals surface area contributed by atoms with E-state index in [9.17, 15) is 0 Å². The maximum absolute atomic E-state index is 5.66. The van der Waals surface area contributed by atoms with E-state index < -0.39 is 0 Å². The average molecular weight is 428 g/mol. The van der Waals surface area contributed by atoms with Gasteiger partial charge in [0.1, 0.15) is 12.4 Å². The summed E-state index contributed by atoms with van der Waals surface area (Å²) in [5.41, 5.74) is 2.16. The van der Waals surface area contributed by atoms with Crippen molar-refractivity contribution < 1.29 is 14.2 Å². The lowest BCUT2D eigenvalue weighted by atomic mass is 10.1. The Morgan fingerprint density at radius 3 is 2.50 bits per heavy atom. The smallest absolute Gasteiger partial charge is 0.119 e. The zero-order valence-corrected chi connectivity index (χ0v) is 18.8. The molecule has 2 N–H and O–H groups in total. The molecule has 0 bridgehead atoms. The molecule has 0 radical (unpaired) electrons. The van der Waals surface area contributed by atoms with Gasteiger partial charge in [-0.1, -0.05) is 33.9 Å². The molecule has 0 aliphatic heterocycles. The van der Waals surface area contributed by atoms with Crippen molar-refractivity contribution in [1.29, 1.82) is 0 Å². The summed E-state index contributed by atoms with van der Waals surface area (Å²) in [7, 11) is 2.64. The van der Waals surface area contributed by atoms with Gasteiger partial charge in [-0.25, -0.2) is 0 Å². The maximum Gasteiger partial charge on any atom is 0.119 e. The van der Waals surface area contributed by atoms with E-state index in [2.05, 4.69) is 37.6 Å². The monoisotopic (exact) mass is 427 g/mol. The van der Waals surface area contributed by atoms with E-state index in [4.69, 9.17) is 20.1 Å². The Labute approximate surface area is 175 Å². The number of hydrazone groups is 1. The molecule has 0 saturated carbocycles. The minimum absolute atomic E-state index is 0.536. The minimum Gasteiger partial charge on any atom is -0.491 e. The normalized spacial score (nSPS) is 12.0. The second-order valence-electron chi connectivity index (χ2n) is 6.10. The number of aryl methyl sites for hydroxylation is 1. The average Bonchev–Trinajstić information content (AvgIpc) is 2.72. The highest BCUT2D eigenvalue weighted by Gasteiger charge is 1.97. The largest absolute Gasteiger partial charge is 0.491 e. The molecule has 0 fully saturated rings. The van der Waals surface area contributed by atoms with Crippen LogP contribution in [-0.2, 0) is 15.9 Å². The fraction of sp³-hybridized carbons (Fsp3) is 0.600. The first-order valence-corrected chi connectivity index (χ1v) is 12.2. The number of ether oxygens (including phenoxy) is 3. The Balaban J connectivity index is 1.95. The van der Waals surface area contributed by atoms with Crippen LogP contribution in [0.3, 0.4) is 0 Å². The number of aliphatic imine (C=N–C) groups is 1. The summed E-state index contributed by atoms with van der Waals surface area (Å²) in [6, 6.07) is 8.25. The quantitative estimate of drug-likeness (QED) is 0.135. The molecule has 28 heavy (non-hydrogen) atoms. The van der Waals surface area contributed by atoms with Gasteiger partial charge in [0.15, 0.2) is 0 Å². The Morgan fingerprint density at radius 1 is 1.11 bits per heavy atom. The summed E-state index contributed by atoms with van der Waals surface area (Å²) in [4.78, 5) is 4.29. The van der Waals surface area contributed by atoms with Crippen molar-refractivity contribution in [3.63, 3.8) is 0 Å². The van der Waals surface area contributed by atoms with Gasteiger partial charge in [-0.05, 0) is 42.7 Å². The molecule has 6 nitrogen and oxygen atoms in total. The zero-order valence-electron chi connectivity index (χ0n) is 16.8. The minimum atomic E-state index is 0.536. The SMILES string of the molecule is CCCc1ccc(OCCOCCOCCN=C/C(CCCSP)=N\N)cc1. The fourth-order valence-electron chi connectivity index (χ4n) is 2.37. The highest BCUT2D eigenvalue weighted by molar-refractivity contribution is 8.43. The Morgan fingerprint density at radius 2 is 1.82 bits per heavy atom. The van der Waals surface area contributed by atoms with Gasteiger partial charge < -0.3 is 20.1 Å². The van der Waals surface area contributed by atoms with Crippen LogP contribution >= 0.6 is 19.8 Å². The molecule has 8 heteroatoms. The molecule has 0 aromatic heterocycles. The van der Waals surface area contributed by atoms with Crippen LogP contribution in [0.4, 0.5) is 0 Å². The van der Waals surface area contributed by atoms with Crippen LogP contribution in [0.1, 0.15) is 31.7 Å². The van der Waals surface area contributed by atoms with Crippen molar-refractivity contribution in [2.45, 2.75) is 32.6 Å². The number of rotatable bonds is 17. The van der Waals surface area contributed by atoms with Gasteiger partial charge in [0, 0.05) is 6.21 Å². The van der Waals surface area contributed by atoms with Gasteiger partial charge in [0.05, 0.1) is 38.7 Å². The predicted molar refractivity (Wildman–Crippen MR) is 124 cm³/mol. The van der Waals surface area contributed by atoms with Crippen molar-refractivity contribution in [3.8, 4) is 5.75 Å². The second kappa shape index (κ2) is 17.9. The van der Waals surface area contributed by atoms with Crippen molar-refractivity contribution in [3.05, 3.63) is 29.8 Å². The van der Waals surface area contributed by atoms with Crippen LogP contribution in [0.2, 0.25) is 0 Å².